The Bertz CT molecular complexity index is 775. The quantitative estimate of drug-likeness (QED) is 0.821. The van der Waals surface area contributed by atoms with Crippen LogP contribution in [0.5, 0.6) is 0 Å². The predicted molar refractivity (Wildman–Crippen MR) is 87.4 cm³/mol. The summed E-state index contributed by atoms with van der Waals surface area (Å²) in [6.07, 6.45) is 2.99. The summed E-state index contributed by atoms with van der Waals surface area (Å²) in [4.78, 5) is 15.6. The van der Waals surface area contributed by atoms with E-state index in [0.717, 1.165) is 5.57 Å². The first-order chi connectivity index (χ1) is 10.4. The summed E-state index contributed by atoms with van der Waals surface area (Å²) in [5, 5.41) is 4.64. The number of rotatable bonds is 5. The molecule has 0 atom stereocenters. The van der Waals surface area contributed by atoms with Gasteiger partial charge < -0.3 is 5.32 Å². The van der Waals surface area contributed by atoms with Crippen molar-refractivity contribution in [1.29, 1.82) is 0 Å². The average Bonchev–Trinajstić information content (AvgIpc) is 2.90. The highest BCUT2D eigenvalue weighted by Crippen LogP contribution is 2.19. The Hall–Kier alpha value is -2.19. The van der Waals surface area contributed by atoms with Gasteiger partial charge in [-0.25, -0.2) is 13.4 Å². The molecule has 0 bridgehead atoms. The summed E-state index contributed by atoms with van der Waals surface area (Å²) in [7, 11) is -3.67. The first-order valence-corrected chi connectivity index (χ1v) is 8.71. The van der Waals surface area contributed by atoms with E-state index in [0.29, 0.717) is 10.8 Å². The van der Waals surface area contributed by atoms with E-state index in [-0.39, 0.29) is 10.8 Å². The van der Waals surface area contributed by atoms with Gasteiger partial charge in [-0.15, -0.1) is 11.3 Å². The molecule has 1 aromatic carbocycles. The number of hydrogen-bond acceptors (Lipinski definition) is 5. The third-order valence-corrected chi connectivity index (χ3v) is 4.68. The Labute approximate surface area is 133 Å². The van der Waals surface area contributed by atoms with Gasteiger partial charge in [-0.3, -0.25) is 9.52 Å². The molecule has 2 rings (SSSR count). The summed E-state index contributed by atoms with van der Waals surface area (Å²) >= 11 is 1.20. The SMILES string of the molecule is CC(C)=CC(=O)Nc1ccc(S(=O)(=O)Nc2nccs2)cc1. The molecule has 0 fully saturated rings. The second kappa shape index (κ2) is 6.71. The lowest BCUT2D eigenvalue weighted by Crippen LogP contribution is -2.13. The number of sulfonamides is 1. The van der Waals surface area contributed by atoms with Crippen molar-refractivity contribution in [1.82, 2.24) is 4.98 Å². The van der Waals surface area contributed by atoms with Gasteiger partial charge in [0, 0.05) is 23.3 Å². The zero-order chi connectivity index (χ0) is 16.2. The molecular weight excluding hydrogens is 322 g/mol. The maximum Gasteiger partial charge on any atom is 0.263 e. The summed E-state index contributed by atoms with van der Waals surface area (Å²) in [6.45, 7) is 3.64. The Balaban J connectivity index is 2.11. The van der Waals surface area contributed by atoms with Crippen LogP contribution in [-0.2, 0) is 14.8 Å². The lowest BCUT2D eigenvalue weighted by molar-refractivity contribution is -0.111. The number of thiazole rings is 1. The maximum absolute atomic E-state index is 12.1. The fourth-order valence-electron chi connectivity index (χ4n) is 1.61. The molecule has 1 heterocycles. The topological polar surface area (TPSA) is 88.2 Å². The van der Waals surface area contributed by atoms with Crippen LogP contribution in [0.3, 0.4) is 0 Å². The molecule has 0 aliphatic heterocycles. The van der Waals surface area contributed by atoms with Crippen LogP contribution < -0.4 is 10.0 Å². The molecule has 0 unspecified atom stereocenters. The summed E-state index contributed by atoms with van der Waals surface area (Å²) < 4.78 is 26.7. The molecule has 116 valence electrons. The Morgan fingerprint density at radius 3 is 2.45 bits per heavy atom. The molecule has 0 saturated carbocycles. The second-order valence-corrected chi connectivity index (χ2v) is 7.26. The van der Waals surface area contributed by atoms with Crippen LogP contribution in [0.25, 0.3) is 0 Å². The highest BCUT2D eigenvalue weighted by molar-refractivity contribution is 7.93. The zero-order valence-corrected chi connectivity index (χ0v) is 13.7. The predicted octanol–water partition coefficient (Wildman–Crippen LogP) is 2.85. The number of nitrogens with one attached hydrogen (secondary N) is 2. The minimum absolute atomic E-state index is 0.0999. The third-order valence-electron chi connectivity index (χ3n) is 2.51. The van der Waals surface area contributed by atoms with Gasteiger partial charge in [-0.1, -0.05) is 5.57 Å². The van der Waals surface area contributed by atoms with Crippen molar-refractivity contribution in [2.45, 2.75) is 18.7 Å². The van der Waals surface area contributed by atoms with E-state index < -0.39 is 10.0 Å². The average molecular weight is 337 g/mol. The monoisotopic (exact) mass is 337 g/mol. The van der Waals surface area contributed by atoms with Gasteiger partial charge in [0.2, 0.25) is 5.91 Å². The van der Waals surface area contributed by atoms with E-state index in [1.165, 1.54) is 47.9 Å². The van der Waals surface area contributed by atoms with Gasteiger partial charge in [0.15, 0.2) is 5.13 Å². The van der Waals surface area contributed by atoms with E-state index in [9.17, 15) is 13.2 Å². The molecule has 1 aromatic heterocycles. The fourth-order valence-corrected chi connectivity index (χ4v) is 3.39. The molecule has 0 aliphatic carbocycles. The van der Waals surface area contributed by atoms with Crippen molar-refractivity contribution < 1.29 is 13.2 Å². The van der Waals surface area contributed by atoms with Gasteiger partial charge in [0.05, 0.1) is 4.90 Å². The second-order valence-electron chi connectivity index (χ2n) is 4.68. The lowest BCUT2D eigenvalue weighted by atomic mass is 10.3. The highest BCUT2D eigenvalue weighted by Gasteiger charge is 2.15. The first-order valence-electron chi connectivity index (χ1n) is 6.35. The molecule has 2 aromatic rings. The van der Waals surface area contributed by atoms with Gasteiger partial charge in [-0.2, -0.15) is 0 Å². The largest absolute Gasteiger partial charge is 0.323 e. The molecular formula is C14H15N3O3S2. The minimum Gasteiger partial charge on any atom is -0.323 e. The number of amides is 1. The standard InChI is InChI=1S/C14H15N3O3S2/c1-10(2)9-13(18)16-11-3-5-12(6-4-11)22(19,20)17-14-15-7-8-21-14/h3-9H,1-2H3,(H,15,17)(H,16,18). The van der Waals surface area contributed by atoms with E-state index in [1.807, 2.05) is 13.8 Å². The molecule has 0 spiro atoms. The van der Waals surface area contributed by atoms with E-state index in [2.05, 4.69) is 15.0 Å². The third kappa shape index (κ3) is 4.40. The van der Waals surface area contributed by atoms with Gasteiger partial charge in [0.1, 0.15) is 0 Å². The Morgan fingerprint density at radius 1 is 1.23 bits per heavy atom. The Kier molecular flexibility index (Phi) is 4.94. The van der Waals surface area contributed by atoms with Crippen LogP contribution in [-0.4, -0.2) is 19.3 Å². The van der Waals surface area contributed by atoms with E-state index >= 15 is 0 Å². The number of aromatic nitrogens is 1. The van der Waals surface area contributed by atoms with Crippen molar-refractivity contribution in [2.24, 2.45) is 0 Å². The van der Waals surface area contributed by atoms with Gasteiger partial charge >= 0.3 is 0 Å². The highest BCUT2D eigenvalue weighted by atomic mass is 32.2. The molecule has 22 heavy (non-hydrogen) atoms. The fraction of sp³-hybridized carbons (Fsp3) is 0.143. The van der Waals surface area contributed by atoms with Crippen LogP contribution in [0.15, 0.2) is 52.4 Å². The van der Waals surface area contributed by atoms with Gasteiger partial charge in [-0.05, 0) is 38.1 Å². The van der Waals surface area contributed by atoms with Crippen molar-refractivity contribution in [3.8, 4) is 0 Å². The zero-order valence-electron chi connectivity index (χ0n) is 12.0. The van der Waals surface area contributed by atoms with Crippen molar-refractivity contribution in [3.05, 3.63) is 47.5 Å². The van der Waals surface area contributed by atoms with Gasteiger partial charge in [0.25, 0.3) is 10.0 Å². The molecule has 0 radical (unpaired) electrons. The van der Waals surface area contributed by atoms with E-state index in [1.54, 1.807) is 5.38 Å². The van der Waals surface area contributed by atoms with Crippen LogP contribution in [0.1, 0.15) is 13.8 Å². The van der Waals surface area contributed by atoms with Crippen molar-refractivity contribution >= 4 is 38.1 Å². The normalized spacial score (nSPS) is 10.8. The van der Waals surface area contributed by atoms with Crippen LogP contribution in [0.4, 0.5) is 10.8 Å². The van der Waals surface area contributed by atoms with E-state index in [4.69, 9.17) is 0 Å². The molecule has 6 nitrogen and oxygen atoms in total. The lowest BCUT2D eigenvalue weighted by Gasteiger charge is -2.07. The summed E-state index contributed by atoms with van der Waals surface area (Å²) in [5.74, 6) is -0.253. The molecule has 1 amide bonds. The minimum atomic E-state index is -3.67. The molecule has 2 N–H and O–H groups in total. The number of nitrogens with zero attached hydrogens (tertiary/aromatic N) is 1. The maximum atomic E-state index is 12.1. The molecule has 0 aliphatic rings. The number of hydrogen-bond donors (Lipinski definition) is 2. The van der Waals surface area contributed by atoms with Crippen LogP contribution >= 0.6 is 11.3 Å². The summed E-state index contributed by atoms with van der Waals surface area (Å²) in [6, 6.07) is 5.92. The van der Waals surface area contributed by atoms with Crippen molar-refractivity contribution in [3.63, 3.8) is 0 Å². The van der Waals surface area contributed by atoms with Crippen LogP contribution in [0, 0.1) is 0 Å². The smallest absolute Gasteiger partial charge is 0.263 e. The number of carbonyl (C=O) groups is 1. The number of anilines is 2. The van der Waals surface area contributed by atoms with Crippen LogP contribution in [0.2, 0.25) is 0 Å². The van der Waals surface area contributed by atoms with Crippen molar-refractivity contribution in [2.75, 3.05) is 10.0 Å². The molecule has 8 heteroatoms. The number of carbonyl (C=O) groups excluding carboxylic acids is 1. The summed E-state index contributed by atoms with van der Waals surface area (Å²) in [5.41, 5.74) is 1.40. The number of benzene rings is 1. The number of allylic oxidation sites excluding steroid dienone is 1. The molecule has 0 saturated heterocycles. The Morgan fingerprint density at radius 2 is 1.91 bits per heavy atom. The first kappa shape index (κ1) is 16.2.